The van der Waals surface area contributed by atoms with Gasteiger partial charge in [-0.05, 0) is 46.6 Å². The van der Waals surface area contributed by atoms with Crippen LogP contribution in [0.3, 0.4) is 0 Å². The molecule has 0 atom stereocenters. The van der Waals surface area contributed by atoms with Crippen LogP contribution < -0.4 is 10.3 Å². The summed E-state index contributed by atoms with van der Waals surface area (Å²) in [6.45, 7) is 1.86. The van der Waals surface area contributed by atoms with Crippen molar-refractivity contribution in [2.45, 2.75) is 11.8 Å². The second-order valence-electron chi connectivity index (χ2n) is 3.85. The Hall–Kier alpha value is -1.67. The van der Waals surface area contributed by atoms with Crippen molar-refractivity contribution in [3.05, 3.63) is 50.7 Å². The summed E-state index contributed by atoms with van der Waals surface area (Å²) in [5, 5.41) is 5.75. The van der Waals surface area contributed by atoms with Gasteiger partial charge in [0.1, 0.15) is 4.90 Å². The van der Waals surface area contributed by atoms with E-state index in [2.05, 4.69) is 30.8 Å². The lowest BCUT2D eigenvalue weighted by atomic mass is 10.2. The van der Waals surface area contributed by atoms with Crippen LogP contribution >= 0.6 is 15.9 Å². The Kier molecular flexibility index (Phi) is 3.72. The second-order valence-corrected chi connectivity index (χ2v) is 6.35. The van der Waals surface area contributed by atoms with Crippen LogP contribution in [0.5, 0.6) is 0 Å². The molecule has 2 N–H and O–H groups in total. The average molecular weight is 344 g/mol. The van der Waals surface area contributed by atoms with E-state index in [1.165, 1.54) is 18.2 Å². The number of aromatic amines is 1. The molecule has 19 heavy (non-hydrogen) atoms. The fourth-order valence-corrected chi connectivity index (χ4v) is 3.61. The SMILES string of the molecule is Cc1ccc(S(=O)(=O)Nc2ccc(=O)[nH]n2)c(Br)c1. The summed E-state index contributed by atoms with van der Waals surface area (Å²) in [7, 11) is -3.76. The molecule has 0 aliphatic heterocycles. The summed E-state index contributed by atoms with van der Waals surface area (Å²) in [6, 6.07) is 7.37. The van der Waals surface area contributed by atoms with Gasteiger partial charge in [-0.3, -0.25) is 9.52 Å². The predicted octanol–water partition coefficient (Wildman–Crippen LogP) is 1.64. The van der Waals surface area contributed by atoms with Gasteiger partial charge in [-0.1, -0.05) is 6.07 Å². The molecule has 1 aromatic heterocycles. The number of hydrogen-bond donors (Lipinski definition) is 2. The zero-order chi connectivity index (χ0) is 14.0. The largest absolute Gasteiger partial charge is 0.268 e. The van der Waals surface area contributed by atoms with Crippen LogP contribution in [0.1, 0.15) is 5.56 Å². The third-order valence-electron chi connectivity index (χ3n) is 2.29. The third-order valence-corrected chi connectivity index (χ3v) is 4.63. The normalized spacial score (nSPS) is 11.3. The van der Waals surface area contributed by atoms with Gasteiger partial charge < -0.3 is 0 Å². The van der Waals surface area contributed by atoms with Crippen molar-refractivity contribution in [2.24, 2.45) is 0 Å². The molecule has 6 nitrogen and oxygen atoms in total. The van der Waals surface area contributed by atoms with Crippen molar-refractivity contribution in [2.75, 3.05) is 4.72 Å². The Balaban J connectivity index is 2.37. The maximum Gasteiger partial charge on any atom is 0.264 e. The predicted molar refractivity (Wildman–Crippen MR) is 74.5 cm³/mol. The van der Waals surface area contributed by atoms with E-state index in [9.17, 15) is 13.2 Å². The van der Waals surface area contributed by atoms with E-state index in [1.807, 2.05) is 6.92 Å². The van der Waals surface area contributed by atoms with E-state index in [4.69, 9.17) is 0 Å². The minimum Gasteiger partial charge on any atom is -0.268 e. The first-order valence-corrected chi connectivity index (χ1v) is 7.51. The van der Waals surface area contributed by atoms with Crippen molar-refractivity contribution in [1.82, 2.24) is 10.2 Å². The Bertz CT molecular complexity index is 751. The van der Waals surface area contributed by atoms with Gasteiger partial charge in [0, 0.05) is 10.5 Å². The van der Waals surface area contributed by atoms with Crippen molar-refractivity contribution in [3.8, 4) is 0 Å². The standard InChI is InChI=1S/C11H10BrN3O3S/c1-7-2-3-9(8(12)6-7)19(17,18)15-10-4-5-11(16)14-13-10/h2-6H,1H3,(H,13,15)(H,14,16). The monoisotopic (exact) mass is 343 g/mol. The molecule has 0 fully saturated rings. The molecule has 0 saturated heterocycles. The zero-order valence-electron chi connectivity index (χ0n) is 9.84. The summed E-state index contributed by atoms with van der Waals surface area (Å²) in [5.74, 6) is 0.0482. The number of rotatable bonds is 3. The first-order valence-electron chi connectivity index (χ1n) is 5.23. The quantitative estimate of drug-likeness (QED) is 0.885. The van der Waals surface area contributed by atoms with E-state index >= 15 is 0 Å². The summed E-state index contributed by atoms with van der Waals surface area (Å²) in [6.07, 6.45) is 0. The van der Waals surface area contributed by atoms with Gasteiger partial charge in [0.15, 0.2) is 5.82 Å². The van der Waals surface area contributed by atoms with Crippen LogP contribution in [0.15, 0.2) is 44.5 Å². The minimum atomic E-state index is -3.76. The molecule has 8 heteroatoms. The molecule has 1 heterocycles. The molecule has 1 aromatic carbocycles. The van der Waals surface area contributed by atoms with Crippen LogP contribution in [-0.4, -0.2) is 18.6 Å². The molecule has 0 aliphatic carbocycles. The molecule has 0 bridgehead atoms. The van der Waals surface area contributed by atoms with Gasteiger partial charge in [0.2, 0.25) is 0 Å². The zero-order valence-corrected chi connectivity index (χ0v) is 12.2. The first kappa shape index (κ1) is 13.8. The van der Waals surface area contributed by atoms with Gasteiger partial charge in [0.05, 0.1) is 0 Å². The number of H-pyrrole nitrogens is 1. The topological polar surface area (TPSA) is 91.9 Å². The van der Waals surface area contributed by atoms with Crippen LogP contribution in [0.2, 0.25) is 0 Å². The molecule has 0 spiro atoms. The highest BCUT2D eigenvalue weighted by atomic mass is 79.9. The summed E-state index contributed by atoms with van der Waals surface area (Å²) in [5.41, 5.74) is 0.535. The highest BCUT2D eigenvalue weighted by molar-refractivity contribution is 9.10. The van der Waals surface area contributed by atoms with E-state index in [1.54, 1.807) is 12.1 Å². The number of anilines is 1. The van der Waals surface area contributed by atoms with Crippen molar-refractivity contribution in [3.63, 3.8) is 0 Å². The van der Waals surface area contributed by atoms with E-state index in [0.717, 1.165) is 5.56 Å². The van der Waals surface area contributed by atoms with Crippen molar-refractivity contribution >= 4 is 31.8 Å². The van der Waals surface area contributed by atoms with Gasteiger partial charge in [-0.15, -0.1) is 0 Å². The number of aryl methyl sites for hydroxylation is 1. The number of benzene rings is 1. The van der Waals surface area contributed by atoms with Crippen LogP contribution in [0, 0.1) is 6.92 Å². The maximum absolute atomic E-state index is 12.1. The second kappa shape index (κ2) is 5.14. The van der Waals surface area contributed by atoms with Crippen LogP contribution in [0.25, 0.3) is 0 Å². The minimum absolute atomic E-state index is 0.0482. The first-order chi connectivity index (χ1) is 8.88. The summed E-state index contributed by atoms with van der Waals surface area (Å²) < 4.78 is 27.0. The van der Waals surface area contributed by atoms with Crippen molar-refractivity contribution < 1.29 is 8.42 Å². The van der Waals surface area contributed by atoms with Crippen LogP contribution in [0.4, 0.5) is 5.82 Å². The number of nitrogens with one attached hydrogen (secondary N) is 2. The van der Waals surface area contributed by atoms with E-state index in [0.29, 0.717) is 4.47 Å². The summed E-state index contributed by atoms with van der Waals surface area (Å²) >= 11 is 3.21. The molecule has 0 radical (unpaired) electrons. The van der Waals surface area contributed by atoms with Gasteiger partial charge in [-0.25, -0.2) is 13.5 Å². The van der Waals surface area contributed by atoms with Gasteiger partial charge in [0.25, 0.3) is 15.6 Å². The Labute approximate surface area is 118 Å². The van der Waals surface area contributed by atoms with Crippen LogP contribution in [-0.2, 0) is 10.0 Å². The third kappa shape index (κ3) is 3.21. The lowest BCUT2D eigenvalue weighted by Gasteiger charge is -2.08. The number of halogens is 1. The van der Waals surface area contributed by atoms with E-state index in [-0.39, 0.29) is 10.7 Å². The molecule has 0 aliphatic rings. The molecule has 100 valence electrons. The highest BCUT2D eigenvalue weighted by Crippen LogP contribution is 2.24. The summed E-state index contributed by atoms with van der Waals surface area (Å²) in [4.78, 5) is 10.9. The Morgan fingerprint density at radius 3 is 2.58 bits per heavy atom. The molecule has 0 amide bonds. The number of nitrogens with zero attached hydrogens (tertiary/aromatic N) is 1. The maximum atomic E-state index is 12.1. The molecular formula is C11H10BrN3O3S. The van der Waals surface area contributed by atoms with Gasteiger partial charge in [-0.2, -0.15) is 5.10 Å². The fraction of sp³-hybridized carbons (Fsp3) is 0.0909. The fourth-order valence-electron chi connectivity index (χ4n) is 1.42. The molecule has 2 aromatic rings. The molecular weight excluding hydrogens is 334 g/mol. The van der Waals surface area contributed by atoms with E-state index < -0.39 is 15.6 Å². The highest BCUT2D eigenvalue weighted by Gasteiger charge is 2.18. The average Bonchev–Trinajstić information content (AvgIpc) is 2.31. The molecule has 0 unspecified atom stereocenters. The number of sulfonamides is 1. The van der Waals surface area contributed by atoms with Crippen molar-refractivity contribution in [1.29, 1.82) is 0 Å². The lowest BCUT2D eigenvalue weighted by molar-refractivity contribution is 0.600. The number of hydrogen-bond acceptors (Lipinski definition) is 4. The van der Waals surface area contributed by atoms with Gasteiger partial charge >= 0.3 is 0 Å². The Morgan fingerprint density at radius 2 is 2.00 bits per heavy atom. The molecule has 2 rings (SSSR count). The Morgan fingerprint density at radius 1 is 1.26 bits per heavy atom. The number of aromatic nitrogens is 2. The smallest absolute Gasteiger partial charge is 0.264 e. The molecule has 0 saturated carbocycles. The lowest BCUT2D eigenvalue weighted by Crippen LogP contribution is -2.16.